The molecular formula is C41H40F5N3O3S. The molecule has 1 aromatic heterocycles. The topological polar surface area (TPSA) is 54.8 Å². The Morgan fingerprint density at radius 1 is 1.02 bits per heavy atom. The number of thioether (sulfide) groups is 1. The molecule has 4 aromatic carbocycles. The number of hydrogen-bond acceptors (Lipinski definition) is 5. The molecule has 1 aliphatic heterocycles. The lowest BCUT2D eigenvalue weighted by Crippen LogP contribution is -2.48. The normalized spacial score (nSPS) is 27.5. The van der Waals surface area contributed by atoms with Gasteiger partial charge in [-0.05, 0) is 66.1 Å². The zero-order valence-electron chi connectivity index (χ0n) is 56.8. The number of para-hydroxylation sites is 1. The van der Waals surface area contributed by atoms with Crippen molar-refractivity contribution in [3.8, 4) is 11.1 Å². The maximum absolute atomic E-state index is 15.9. The zero-order chi connectivity index (χ0) is 64.2. The van der Waals surface area contributed by atoms with Crippen LogP contribution in [-0.4, -0.2) is 59.5 Å². The Bertz CT molecular complexity index is 3560. The molecule has 1 amide bonds. The van der Waals surface area contributed by atoms with Gasteiger partial charge in [0.15, 0.2) is 17.1 Å². The van der Waals surface area contributed by atoms with Crippen molar-refractivity contribution in [2.24, 2.45) is 0 Å². The van der Waals surface area contributed by atoms with Crippen LogP contribution >= 0.6 is 11.8 Å². The number of methoxy groups -OCH3 is 1. The number of nitrogens with zero attached hydrogens (tertiary/aromatic N) is 3. The molecular weight excluding hydrogens is 710 g/mol. The van der Waals surface area contributed by atoms with E-state index in [9.17, 15) is 27.6 Å². The highest BCUT2D eigenvalue weighted by Crippen LogP contribution is 2.34. The number of aromatic nitrogens is 1. The lowest BCUT2D eigenvalue weighted by molar-refractivity contribution is -0.138. The molecule has 5 aromatic rings. The van der Waals surface area contributed by atoms with Gasteiger partial charge in [0.25, 0.3) is 0 Å². The Labute approximate surface area is 351 Å². The highest BCUT2D eigenvalue weighted by molar-refractivity contribution is 7.98. The molecule has 6 rings (SSSR count). The molecule has 0 spiro atoms. The van der Waals surface area contributed by atoms with Gasteiger partial charge in [-0.15, -0.1) is 11.8 Å². The number of rotatable bonds is 12. The number of piperidine rings is 1. The Hall–Kier alpha value is -4.52. The number of pyridine rings is 1. The summed E-state index contributed by atoms with van der Waals surface area (Å²) >= 11 is -0.844. The SMILES string of the molecule is [2H]c1c([2H])c(F)c(F)c(C([2H])([2H])Sc2c([2H])c(=O)c3c([2H])c([2H])c([2H])c([2H])c3n2C([2H])([2H])C(=O)N(Cc2c([2H])c([2H])c(-c3c([2H])c([2H])c(C(F)(F)F)c(C)c3[2H])c([2H])c2[2H])C2([2H])C([2H])([2H])C([2H])([2H])N(C([2H])([2H])COC)C([2H])([2H])C2([2H])[2H])c1[2H]. The van der Waals surface area contributed by atoms with E-state index in [0.29, 0.717) is 6.92 Å². The van der Waals surface area contributed by atoms with Gasteiger partial charge in [0.05, 0.1) is 47.4 Å². The van der Waals surface area contributed by atoms with E-state index in [-0.39, 0.29) is 0 Å². The minimum atomic E-state index is -5.39. The van der Waals surface area contributed by atoms with Crippen molar-refractivity contribution < 1.29 is 72.6 Å². The predicted octanol–water partition coefficient (Wildman–Crippen LogP) is 8.71. The first-order valence-electron chi connectivity index (χ1n) is 29.5. The minimum absolute atomic E-state index is 0.487. The van der Waals surface area contributed by atoms with Crippen molar-refractivity contribution in [3.63, 3.8) is 0 Å². The van der Waals surface area contributed by atoms with E-state index >= 15 is 13.6 Å². The zero-order valence-corrected chi connectivity index (χ0v) is 27.6. The third kappa shape index (κ3) is 9.00. The van der Waals surface area contributed by atoms with Gasteiger partial charge in [-0.25, -0.2) is 8.78 Å². The molecule has 1 aliphatic rings. The fraction of sp³-hybridized carbons (Fsp3) is 0.317. The van der Waals surface area contributed by atoms with Crippen LogP contribution in [0.2, 0.25) is 0 Å². The molecule has 1 fully saturated rings. The smallest absolute Gasteiger partial charge is 0.383 e. The summed E-state index contributed by atoms with van der Waals surface area (Å²) in [4.78, 5) is 28.5. The van der Waals surface area contributed by atoms with Crippen molar-refractivity contribution in [1.82, 2.24) is 14.4 Å². The second kappa shape index (κ2) is 16.7. The molecule has 0 N–H and O–H groups in total. The number of alkyl halides is 3. The predicted molar refractivity (Wildman–Crippen MR) is 198 cm³/mol. The van der Waals surface area contributed by atoms with Crippen LogP contribution < -0.4 is 5.43 Å². The number of benzene rings is 4. The maximum atomic E-state index is 15.9. The summed E-state index contributed by atoms with van der Waals surface area (Å²) in [6.07, 6.45) is -15.0. The van der Waals surface area contributed by atoms with Crippen molar-refractivity contribution >= 4 is 28.6 Å². The number of amides is 1. The molecule has 0 radical (unpaired) electrons. The summed E-state index contributed by atoms with van der Waals surface area (Å²) in [7, 11) is 0.777. The number of halogens is 5. The quantitative estimate of drug-likeness (QED) is 0.0938. The van der Waals surface area contributed by atoms with Crippen LogP contribution in [0.25, 0.3) is 22.0 Å². The van der Waals surface area contributed by atoms with E-state index in [0.717, 1.165) is 7.11 Å². The first-order chi connectivity index (χ1) is 37.3. The standard InChI is InChI=1S/C41H40F5N3O3S/c1-27-22-30(14-15-34(27)41(44,45)46)29-12-10-28(11-13-29)24-48(32-16-18-47(19-17-32)20-21-52-2)38(51)25-49-36-9-4-3-7-33(36)37(50)23-39(49)53-26-31-6-5-8-35(42)40(31)43/h3-15,22-23,32H,16-21,24-26H2,1-2H3/i3D,4D,5D,6D,7D,8D,9D,10D,11D,12D,13D,14D,15D,16D2,17D2,18D2,19D2,20D2,22D,23D,25D2,26D2,32D. The van der Waals surface area contributed by atoms with Gasteiger partial charge in [0, 0.05) is 78.3 Å². The number of carbonyl (C=O) groups excluding carboxylic acids is 1. The van der Waals surface area contributed by atoms with Crippen molar-refractivity contribution in [1.29, 1.82) is 0 Å². The third-order valence-electron chi connectivity index (χ3n) is 6.75. The first kappa shape index (κ1) is 15.7. The number of likely N-dealkylation sites (tertiary alicyclic amines) is 1. The average Bonchev–Trinajstić information content (AvgIpc) is 0.850. The summed E-state index contributed by atoms with van der Waals surface area (Å²) in [6.45, 7) is -20.7. The van der Waals surface area contributed by atoms with Crippen LogP contribution in [0.15, 0.2) is 100 Å². The summed E-state index contributed by atoms with van der Waals surface area (Å²) < 4.78 is 343. The Morgan fingerprint density at radius 2 is 1.74 bits per heavy atom. The van der Waals surface area contributed by atoms with E-state index in [1.807, 2.05) is 0 Å². The second-order valence-electron chi connectivity index (χ2n) is 10.3. The molecule has 0 bridgehead atoms. The fourth-order valence-electron chi connectivity index (χ4n) is 4.31. The van der Waals surface area contributed by atoms with Gasteiger partial charge in [0.1, 0.15) is 6.50 Å². The van der Waals surface area contributed by atoms with E-state index in [1.165, 1.54) is 0 Å². The lowest BCUT2D eigenvalue weighted by Gasteiger charge is -2.39. The van der Waals surface area contributed by atoms with E-state index in [4.69, 9.17) is 36.3 Å². The van der Waals surface area contributed by atoms with E-state index < -0.39 is 259 Å². The summed E-state index contributed by atoms with van der Waals surface area (Å²) in [5.41, 5.74) is -16.1. The van der Waals surface area contributed by atoms with Crippen LogP contribution in [-0.2, 0) is 34.5 Å². The monoisotopic (exact) mass is 779 g/mol. The fourth-order valence-corrected chi connectivity index (χ4v) is 5.02. The van der Waals surface area contributed by atoms with E-state index in [1.54, 1.807) is 0 Å². The van der Waals surface area contributed by atoms with Crippen molar-refractivity contribution in [2.75, 3.05) is 33.2 Å². The number of hydrogen-bond donors (Lipinski definition) is 0. The van der Waals surface area contributed by atoms with Crippen LogP contribution in [0.1, 0.15) is 76.1 Å². The van der Waals surface area contributed by atoms with Gasteiger partial charge in [-0.1, -0.05) is 60.4 Å². The molecule has 12 heteroatoms. The second-order valence-corrected chi connectivity index (χ2v) is 11.0. The molecule has 6 nitrogen and oxygen atoms in total. The van der Waals surface area contributed by atoms with E-state index in [2.05, 4.69) is 0 Å². The number of fused-ring (bicyclic) bond motifs is 1. The minimum Gasteiger partial charge on any atom is -0.383 e. The molecule has 53 heavy (non-hydrogen) atoms. The van der Waals surface area contributed by atoms with Gasteiger partial charge in [0.2, 0.25) is 5.91 Å². The van der Waals surface area contributed by atoms with Crippen LogP contribution in [0.5, 0.6) is 0 Å². The average molecular weight is 780 g/mol. The maximum Gasteiger partial charge on any atom is 0.416 e. The molecule has 0 saturated carbocycles. The lowest BCUT2D eigenvalue weighted by atomic mass is 9.98. The molecule has 0 atom stereocenters. The molecule has 0 aliphatic carbocycles. The van der Waals surface area contributed by atoms with Crippen LogP contribution in [0.4, 0.5) is 22.0 Å². The molecule has 2 heterocycles. The Morgan fingerprint density at radius 3 is 2.45 bits per heavy atom. The first-order valence-corrected chi connectivity index (χ1v) is 15.3. The summed E-state index contributed by atoms with van der Waals surface area (Å²) in [5, 5.41) is -3.25. The highest BCUT2D eigenvalue weighted by Gasteiger charge is 2.32. The van der Waals surface area contributed by atoms with Crippen molar-refractivity contribution in [3.05, 3.63) is 135 Å². The molecule has 0 unspecified atom stereocenters. The highest BCUT2D eigenvalue weighted by atomic mass is 32.2. The van der Waals surface area contributed by atoms with Crippen LogP contribution in [0.3, 0.4) is 0 Å². The Balaban J connectivity index is 1.83. The Kier molecular flexibility index (Phi) is 4.93. The largest absolute Gasteiger partial charge is 0.416 e. The summed E-state index contributed by atoms with van der Waals surface area (Å²) in [5.74, 6) is -7.55. The molecule has 278 valence electrons. The number of ether oxygens (including phenoxy) is 1. The summed E-state index contributed by atoms with van der Waals surface area (Å²) in [6, 6.07) is -28.1. The molecule has 1 saturated heterocycles. The van der Waals surface area contributed by atoms with Gasteiger partial charge in [-0.3, -0.25) is 9.59 Å². The number of carbonyl (C=O) groups is 1. The van der Waals surface area contributed by atoms with Crippen molar-refractivity contribution in [2.45, 2.75) is 55.6 Å². The van der Waals surface area contributed by atoms with Gasteiger partial charge >= 0.3 is 6.18 Å². The van der Waals surface area contributed by atoms with Crippen LogP contribution in [0, 0.1) is 18.6 Å². The van der Waals surface area contributed by atoms with Gasteiger partial charge < -0.3 is 19.1 Å². The van der Waals surface area contributed by atoms with Gasteiger partial charge in [-0.2, -0.15) is 13.2 Å². The third-order valence-corrected chi connectivity index (χ3v) is 7.54.